The maximum atomic E-state index is 11.0. The van der Waals surface area contributed by atoms with Gasteiger partial charge in [0.15, 0.2) is 0 Å². The molecule has 0 unspecified atom stereocenters. The highest BCUT2D eigenvalue weighted by Crippen LogP contribution is 2.19. The van der Waals surface area contributed by atoms with Crippen LogP contribution in [0.4, 0.5) is 0 Å². The first-order valence-electron chi connectivity index (χ1n) is 5.96. The number of hydrogen-bond acceptors (Lipinski definition) is 3. The zero-order valence-electron chi connectivity index (χ0n) is 9.94. The molecule has 1 aromatic heterocycles. The van der Waals surface area contributed by atoms with Gasteiger partial charge in [0.25, 0.3) is 0 Å². The number of rotatable bonds is 5. The van der Waals surface area contributed by atoms with Crippen LogP contribution in [0.25, 0.3) is 11.0 Å². The van der Waals surface area contributed by atoms with Crippen LogP contribution in [0.1, 0.15) is 26.2 Å². The van der Waals surface area contributed by atoms with Crippen LogP contribution in [0.15, 0.2) is 39.5 Å². The summed E-state index contributed by atoms with van der Waals surface area (Å²) in [6, 6.07) is 8.66. The largest absolute Gasteiger partial charge is 0.494 e. The predicted octanol–water partition coefficient (Wildman–Crippen LogP) is 3.36. The molecule has 0 N–H and O–H groups in total. The second-order valence-electron chi connectivity index (χ2n) is 4.01. The summed E-state index contributed by atoms with van der Waals surface area (Å²) >= 11 is 0. The van der Waals surface area contributed by atoms with E-state index in [-0.39, 0.29) is 5.63 Å². The van der Waals surface area contributed by atoms with E-state index in [2.05, 4.69) is 6.92 Å². The molecule has 0 saturated heterocycles. The highest BCUT2D eigenvalue weighted by atomic mass is 16.5. The molecule has 2 rings (SSSR count). The lowest BCUT2D eigenvalue weighted by Crippen LogP contribution is -1.98. The molecule has 0 bridgehead atoms. The lowest BCUT2D eigenvalue weighted by molar-refractivity contribution is 0.306. The van der Waals surface area contributed by atoms with Crippen LogP contribution >= 0.6 is 0 Å². The monoisotopic (exact) mass is 232 g/mol. The zero-order valence-corrected chi connectivity index (χ0v) is 9.94. The minimum Gasteiger partial charge on any atom is -0.494 e. The van der Waals surface area contributed by atoms with Gasteiger partial charge in [-0.25, -0.2) is 4.79 Å². The van der Waals surface area contributed by atoms with Crippen molar-refractivity contribution in [1.82, 2.24) is 0 Å². The van der Waals surface area contributed by atoms with Crippen molar-refractivity contribution < 1.29 is 9.15 Å². The Labute approximate surface area is 100 Å². The van der Waals surface area contributed by atoms with E-state index >= 15 is 0 Å². The van der Waals surface area contributed by atoms with Crippen LogP contribution in [-0.2, 0) is 0 Å². The molecule has 3 nitrogen and oxygen atoms in total. The van der Waals surface area contributed by atoms with Crippen molar-refractivity contribution in [3.05, 3.63) is 40.8 Å². The van der Waals surface area contributed by atoms with Crippen LogP contribution in [-0.4, -0.2) is 6.61 Å². The van der Waals surface area contributed by atoms with Crippen LogP contribution in [0.2, 0.25) is 0 Å². The average Bonchev–Trinajstić information content (AvgIpc) is 2.35. The van der Waals surface area contributed by atoms with Crippen molar-refractivity contribution in [2.45, 2.75) is 26.2 Å². The smallest absolute Gasteiger partial charge is 0.336 e. The van der Waals surface area contributed by atoms with Gasteiger partial charge in [-0.2, -0.15) is 0 Å². The van der Waals surface area contributed by atoms with Crippen molar-refractivity contribution in [2.75, 3.05) is 6.61 Å². The first kappa shape index (κ1) is 11.7. The Bertz CT molecular complexity index is 542. The fraction of sp³-hybridized carbons (Fsp3) is 0.357. The van der Waals surface area contributed by atoms with Gasteiger partial charge in [-0.1, -0.05) is 19.8 Å². The summed E-state index contributed by atoms with van der Waals surface area (Å²) in [4.78, 5) is 11.0. The highest BCUT2D eigenvalue weighted by molar-refractivity contribution is 5.77. The molecule has 1 aromatic carbocycles. The maximum Gasteiger partial charge on any atom is 0.336 e. The Morgan fingerprint density at radius 3 is 2.88 bits per heavy atom. The predicted molar refractivity (Wildman–Crippen MR) is 67.5 cm³/mol. The Hall–Kier alpha value is -1.77. The summed E-state index contributed by atoms with van der Waals surface area (Å²) < 4.78 is 10.7. The maximum absolute atomic E-state index is 11.0. The highest BCUT2D eigenvalue weighted by Gasteiger charge is 1.99. The van der Waals surface area contributed by atoms with Gasteiger partial charge in [-0.3, -0.25) is 0 Å². The third-order valence-electron chi connectivity index (χ3n) is 2.61. The molecule has 0 saturated carbocycles. The quantitative estimate of drug-likeness (QED) is 0.586. The molecular weight excluding hydrogens is 216 g/mol. The van der Waals surface area contributed by atoms with Gasteiger partial charge in [0.1, 0.15) is 11.3 Å². The van der Waals surface area contributed by atoms with Gasteiger partial charge in [-0.15, -0.1) is 0 Å². The number of hydrogen-bond donors (Lipinski definition) is 0. The summed E-state index contributed by atoms with van der Waals surface area (Å²) in [6.07, 6.45) is 3.44. The normalized spacial score (nSPS) is 10.6. The van der Waals surface area contributed by atoms with Crippen LogP contribution in [0.5, 0.6) is 5.75 Å². The fourth-order valence-electron chi connectivity index (χ4n) is 1.68. The third kappa shape index (κ3) is 3.09. The molecule has 0 atom stereocenters. The molecule has 1 heterocycles. The van der Waals surface area contributed by atoms with E-state index in [1.54, 1.807) is 12.1 Å². The van der Waals surface area contributed by atoms with E-state index in [1.807, 2.05) is 12.1 Å². The van der Waals surface area contributed by atoms with Crippen molar-refractivity contribution in [3.63, 3.8) is 0 Å². The molecule has 0 amide bonds. The molecular formula is C14H16O3. The van der Waals surface area contributed by atoms with E-state index in [1.165, 1.54) is 18.9 Å². The first-order chi connectivity index (χ1) is 8.29. The molecule has 0 radical (unpaired) electrons. The zero-order chi connectivity index (χ0) is 12.1. The van der Waals surface area contributed by atoms with E-state index in [4.69, 9.17) is 9.15 Å². The average molecular weight is 232 g/mol. The molecule has 0 aliphatic heterocycles. The van der Waals surface area contributed by atoms with Gasteiger partial charge < -0.3 is 9.15 Å². The molecule has 0 spiro atoms. The molecule has 0 fully saturated rings. The van der Waals surface area contributed by atoms with Gasteiger partial charge >= 0.3 is 5.63 Å². The van der Waals surface area contributed by atoms with E-state index in [9.17, 15) is 4.79 Å². The molecule has 0 aliphatic rings. The van der Waals surface area contributed by atoms with Crippen LogP contribution < -0.4 is 10.4 Å². The Kier molecular flexibility index (Phi) is 3.81. The Balaban J connectivity index is 2.09. The van der Waals surface area contributed by atoms with Gasteiger partial charge in [0.2, 0.25) is 0 Å². The third-order valence-corrected chi connectivity index (χ3v) is 2.61. The second-order valence-corrected chi connectivity index (χ2v) is 4.01. The van der Waals surface area contributed by atoms with Crippen molar-refractivity contribution in [3.8, 4) is 5.75 Å². The SMILES string of the molecule is CCCCCOc1ccc2oc(=O)ccc2c1. The summed E-state index contributed by atoms with van der Waals surface area (Å²) in [5.41, 5.74) is 0.271. The number of unbranched alkanes of at least 4 members (excludes halogenated alkanes) is 2. The Morgan fingerprint density at radius 1 is 1.18 bits per heavy atom. The van der Waals surface area contributed by atoms with E-state index in [0.717, 1.165) is 24.2 Å². The van der Waals surface area contributed by atoms with Gasteiger partial charge in [0, 0.05) is 11.5 Å². The summed E-state index contributed by atoms with van der Waals surface area (Å²) in [5, 5.41) is 0.887. The standard InChI is InChI=1S/C14H16O3/c1-2-3-4-9-16-12-6-7-13-11(10-12)5-8-14(15)17-13/h5-8,10H,2-4,9H2,1H3. The van der Waals surface area contributed by atoms with Gasteiger partial charge in [-0.05, 0) is 30.7 Å². The molecule has 3 heteroatoms. The second kappa shape index (κ2) is 5.53. The summed E-state index contributed by atoms with van der Waals surface area (Å²) in [7, 11) is 0. The first-order valence-corrected chi connectivity index (χ1v) is 5.96. The van der Waals surface area contributed by atoms with Crippen molar-refractivity contribution in [2.24, 2.45) is 0 Å². The summed E-state index contributed by atoms with van der Waals surface area (Å²) in [6.45, 7) is 2.90. The van der Waals surface area contributed by atoms with Gasteiger partial charge in [0.05, 0.1) is 6.61 Å². The van der Waals surface area contributed by atoms with Crippen LogP contribution in [0.3, 0.4) is 0 Å². The fourth-order valence-corrected chi connectivity index (χ4v) is 1.68. The minimum absolute atomic E-state index is 0.325. The summed E-state index contributed by atoms with van der Waals surface area (Å²) in [5.74, 6) is 0.822. The van der Waals surface area contributed by atoms with Crippen LogP contribution in [0, 0.1) is 0 Å². The molecule has 17 heavy (non-hydrogen) atoms. The molecule has 2 aromatic rings. The lowest BCUT2D eigenvalue weighted by atomic mass is 10.2. The Morgan fingerprint density at radius 2 is 2.06 bits per heavy atom. The van der Waals surface area contributed by atoms with Crippen molar-refractivity contribution in [1.29, 1.82) is 0 Å². The number of fused-ring (bicyclic) bond motifs is 1. The minimum atomic E-state index is -0.325. The molecule has 90 valence electrons. The number of ether oxygens (including phenoxy) is 1. The van der Waals surface area contributed by atoms with Crippen molar-refractivity contribution >= 4 is 11.0 Å². The topological polar surface area (TPSA) is 39.4 Å². The number of benzene rings is 1. The van der Waals surface area contributed by atoms with E-state index in [0.29, 0.717) is 5.58 Å². The lowest BCUT2D eigenvalue weighted by Gasteiger charge is -2.06. The molecule has 0 aliphatic carbocycles. The van der Waals surface area contributed by atoms with E-state index < -0.39 is 0 Å².